The minimum absolute atomic E-state index is 0.0415. The molecular formula is C15H12N4O2. The fourth-order valence-electron chi connectivity index (χ4n) is 2.15. The van der Waals surface area contributed by atoms with Crippen LogP contribution in [0.25, 0.3) is 10.9 Å². The Bertz CT molecular complexity index is 823. The first kappa shape index (κ1) is 13.0. The minimum atomic E-state index is -0.458. The summed E-state index contributed by atoms with van der Waals surface area (Å²) in [5.74, 6) is 0. The van der Waals surface area contributed by atoms with Crippen LogP contribution in [-0.2, 0) is 6.54 Å². The minimum Gasteiger partial charge on any atom is -0.361 e. The molecule has 1 aromatic heterocycles. The van der Waals surface area contributed by atoms with Gasteiger partial charge >= 0.3 is 0 Å². The molecule has 0 fully saturated rings. The van der Waals surface area contributed by atoms with Crippen molar-refractivity contribution in [3.8, 4) is 0 Å². The predicted octanol–water partition coefficient (Wildman–Crippen LogP) is 4.36. The fraction of sp³-hybridized carbons (Fsp3) is 0.0667. The lowest BCUT2D eigenvalue weighted by Crippen LogP contribution is -1.87. The molecule has 1 heterocycles. The number of para-hydroxylation sites is 2. The molecule has 21 heavy (non-hydrogen) atoms. The third kappa shape index (κ3) is 2.64. The van der Waals surface area contributed by atoms with Gasteiger partial charge in [-0.15, -0.1) is 5.11 Å². The highest BCUT2D eigenvalue weighted by molar-refractivity contribution is 5.82. The number of hydrogen-bond acceptors (Lipinski definition) is 4. The zero-order valence-corrected chi connectivity index (χ0v) is 11.1. The van der Waals surface area contributed by atoms with E-state index in [2.05, 4.69) is 15.2 Å². The van der Waals surface area contributed by atoms with Crippen molar-refractivity contribution in [3.05, 3.63) is 70.4 Å². The van der Waals surface area contributed by atoms with Crippen LogP contribution in [0.4, 0.5) is 11.4 Å². The fourth-order valence-corrected chi connectivity index (χ4v) is 2.15. The Kier molecular flexibility index (Phi) is 3.42. The Morgan fingerprint density at radius 1 is 1.10 bits per heavy atom. The van der Waals surface area contributed by atoms with E-state index in [0.717, 1.165) is 16.5 Å². The summed E-state index contributed by atoms with van der Waals surface area (Å²) in [4.78, 5) is 13.6. The van der Waals surface area contributed by atoms with Crippen LogP contribution in [0.2, 0.25) is 0 Å². The lowest BCUT2D eigenvalue weighted by molar-refractivity contribution is -0.384. The maximum absolute atomic E-state index is 10.9. The van der Waals surface area contributed by atoms with Gasteiger partial charge in [0.1, 0.15) is 0 Å². The normalized spacial score (nSPS) is 11.2. The molecule has 1 N–H and O–H groups in total. The Morgan fingerprint density at radius 2 is 1.86 bits per heavy atom. The van der Waals surface area contributed by atoms with Gasteiger partial charge in [-0.05, 0) is 12.1 Å². The molecule has 3 rings (SSSR count). The average Bonchev–Trinajstić information content (AvgIpc) is 2.91. The highest BCUT2D eigenvalue weighted by Crippen LogP contribution is 2.27. The van der Waals surface area contributed by atoms with Gasteiger partial charge in [0.05, 0.1) is 11.5 Å². The molecule has 104 valence electrons. The molecule has 0 aliphatic heterocycles. The Hall–Kier alpha value is -3.02. The second-order valence-electron chi connectivity index (χ2n) is 4.50. The number of fused-ring (bicyclic) bond motifs is 1. The van der Waals surface area contributed by atoms with E-state index < -0.39 is 4.92 Å². The van der Waals surface area contributed by atoms with Crippen molar-refractivity contribution in [1.82, 2.24) is 4.98 Å². The topological polar surface area (TPSA) is 83.7 Å². The third-order valence-corrected chi connectivity index (χ3v) is 3.17. The van der Waals surface area contributed by atoms with Crippen LogP contribution in [0.3, 0.4) is 0 Å². The van der Waals surface area contributed by atoms with Gasteiger partial charge in [-0.3, -0.25) is 10.1 Å². The van der Waals surface area contributed by atoms with Crippen molar-refractivity contribution < 1.29 is 4.92 Å². The van der Waals surface area contributed by atoms with Crippen LogP contribution in [0.15, 0.2) is 65.0 Å². The van der Waals surface area contributed by atoms with Gasteiger partial charge in [0, 0.05) is 28.7 Å². The molecule has 0 atom stereocenters. The van der Waals surface area contributed by atoms with Gasteiger partial charge in [0.15, 0.2) is 5.69 Å². The molecule has 0 unspecified atom stereocenters. The second kappa shape index (κ2) is 5.54. The van der Waals surface area contributed by atoms with Crippen LogP contribution in [0, 0.1) is 10.1 Å². The number of nitro groups is 1. The summed E-state index contributed by atoms with van der Waals surface area (Å²) in [7, 11) is 0. The van der Waals surface area contributed by atoms with Crippen LogP contribution in [0.5, 0.6) is 0 Å². The van der Waals surface area contributed by atoms with Crippen molar-refractivity contribution in [1.29, 1.82) is 0 Å². The van der Waals surface area contributed by atoms with Crippen molar-refractivity contribution >= 4 is 22.3 Å². The van der Waals surface area contributed by atoms with E-state index in [-0.39, 0.29) is 11.4 Å². The van der Waals surface area contributed by atoms with Crippen molar-refractivity contribution in [3.63, 3.8) is 0 Å². The molecule has 6 nitrogen and oxygen atoms in total. The van der Waals surface area contributed by atoms with E-state index in [1.54, 1.807) is 18.2 Å². The highest BCUT2D eigenvalue weighted by atomic mass is 16.6. The summed E-state index contributed by atoms with van der Waals surface area (Å²) < 4.78 is 0. The Morgan fingerprint density at radius 3 is 2.71 bits per heavy atom. The quantitative estimate of drug-likeness (QED) is 0.437. The SMILES string of the molecule is O=[N+]([O-])c1ccccc1N=NCc1c[nH]c2ccccc12. The lowest BCUT2D eigenvalue weighted by Gasteiger charge is -1.96. The molecule has 0 aliphatic carbocycles. The zero-order chi connectivity index (χ0) is 14.7. The Balaban J connectivity index is 1.83. The van der Waals surface area contributed by atoms with Crippen LogP contribution in [0.1, 0.15) is 5.56 Å². The molecule has 0 bridgehead atoms. The van der Waals surface area contributed by atoms with Crippen molar-refractivity contribution in [2.24, 2.45) is 10.2 Å². The number of nitrogens with one attached hydrogen (secondary N) is 1. The van der Waals surface area contributed by atoms with Crippen molar-refractivity contribution in [2.45, 2.75) is 6.54 Å². The molecule has 6 heteroatoms. The molecule has 0 spiro atoms. The predicted molar refractivity (Wildman–Crippen MR) is 79.6 cm³/mol. The van der Waals surface area contributed by atoms with E-state index in [9.17, 15) is 10.1 Å². The number of H-pyrrole nitrogens is 1. The first-order valence-electron chi connectivity index (χ1n) is 6.41. The van der Waals surface area contributed by atoms with Gasteiger partial charge in [0.2, 0.25) is 0 Å². The second-order valence-corrected chi connectivity index (χ2v) is 4.50. The number of rotatable bonds is 4. The number of nitro benzene ring substituents is 1. The molecule has 0 saturated carbocycles. The maximum Gasteiger partial charge on any atom is 0.296 e. The summed E-state index contributed by atoms with van der Waals surface area (Å²) in [6, 6.07) is 14.2. The summed E-state index contributed by atoms with van der Waals surface area (Å²) in [5.41, 5.74) is 2.27. The number of hydrogen-bond donors (Lipinski definition) is 1. The number of azo groups is 1. The number of aromatic amines is 1. The van der Waals surface area contributed by atoms with E-state index in [0.29, 0.717) is 6.54 Å². The summed E-state index contributed by atoms with van der Waals surface area (Å²) >= 11 is 0. The van der Waals surface area contributed by atoms with Crippen LogP contribution >= 0.6 is 0 Å². The van der Waals surface area contributed by atoms with E-state index in [4.69, 9.17) is 0 Å². The van der Waals surface area contributed by atoms with Crippen molar-refractivity contribution in [2.75, 3.05) is 0 Å². The van der Waals surface area contributed by atoms with Gasteiger partial charge in [0.25, 0.3) is 5.69 Å². The number of aromatic nitrogens is 1. The smallest absolute Gasteiger partial charge is 0.296 e. The third-order valence-electron chi connectivity index (χ3n) is 3.17. The molecule has 0 radical (unpaired) electrons. The summed E-state index contributed by atoms with van der Waals surface area (Å²) in [6.45, 7) is 0.371. The van der Waals surface area contributed by atoms with Gasteiger partial charge in [-0.1, -0.05) is 30.3 Å². The van der Waals surface area contributed by atoms with Gasteiger partial charge < -0.3 is 4.98 Å². The first-order chi connectivity index (χ1) is 10.3. The Labute approximate surface area is 120 Å². The van der Waals surface area contributed by atoms with E-state index in [1.807, 2.05) is 30.5 Å². The molecule has 0 aliphatic rings. The molecule has 0 amide bonds. The monoisotopic (exact) mass is 280 g/mol. The molecule has 0 saturated heterocycles. The maximum atomic E-state index is 10.9. The van der Waals surface area contributed by atoms with Crippen LogP contribution < -0.4 is 0 Å². The molecule has 3 aromatic rings. The lowest BCUT2D eigenvalue weighted by atomic mass is 10.2. The first-order valence-corrected chi connectivity index (χ1v) is 6.41. The number of benzene rings is 2. The van der Waals surface area contributed by atoms with E-state index in [1.165, 1.54) is 6.07 Å². The van der Waals surface area contributed by atoms with Crippen LogP contribution in [-0.4, -0.2) is 9.91 Å². The zero-order valence-electron chi connectivity index (χ0n) is 11.1. The summed E-state index contributed by atoms with van der Waals surface area (Å²) in [6.07, 6.45) is 1.88. The average molecular weight is 280 g/mol. The largest absolute Gasteiger partial charge is 0.361 e. The molecular weight excluding hydrogens is 268 g/mol. The molecule has 2 aromatic carbocycles. The highest BCUT2D eigenvalue weighted by Gasteiger charge is 2.11. The standard InChI is InChI=1S/C15H12N4O2/c20-19(21)15-8-4-3-7-14(15)18-17-10-11-9-16-13-6-2-1-5-12(11)13/h1-9,16H,10H2. The van der Waals surface area contributed by atoms with E-state index >= 15 is 0 Å². The number of nitrogens with zero attached hydrogens (tertiary/aromatic N) is 3. The van der Waals surface area contributed by atoms with Gasteiger partial charge in [-0.2, -0.15) is 5.11 Å². The van der Waals surface area contributed by atoms with Gasteiger partial charge in [-0.25, -0.2) is 0 Å². The summed E-state index contributed by atoms with van der Waals surface area (Å²) in [5, 5.41) is 20.0.